The summed E-state index contributed by atoms with van der Waals surface area (Å²) >= 11 is 0. The minimum atomic E-state index is -4.25. The van der Waals surface area contributed by atoms with E-state index in [1.807, 2.05) is 0 Å². The van der Waals surface area contributed by atoms with Crippen molar-refractivity contribution in [1.29, 1.82) is 0 Å². The first-order valence-electron chi connectivity index (χ1n) is 6.50. The molecule has 1 aliphatic carbocycles. The van der Waals surface area contributed by atoms with Crippen LogP contribution in [0.3, 0.4) is 0 Å². The van der Waals surface area contributed by atoms with E-state index < -0.39 is 30.2 Å². The zero-order valence-corrected chi connectivity index (χ0v) is 10.4. The Bertz CT molecular complexity index is 338. The second-order valence-electron chi connectivity index (χ2n) is 5.48. The molecule has 1 amide bonds. The van der Waals surface area contributed by atoms with Gasteiger partial charge in [0.15, 0.2) is 0 Å². The van der Waals surface area contributed by atoms with Crippen molar-refractivity contribution >= 4 is 5.91 Å². The zero-order chi connectivity index (χ0) is 14.2. The van der Waals surface area contributed by atoms with Crippen LogP contribution in [-0.2, 0) is 4.79 Å². The van der Waals surface area contributed by atoms with Crippen LogP contribution >= 0.6 is 0 Å². The first-order valence-corrected chi connectivity index (χ1v) is 6.50. The number of aliphatic hydroxyl groups is 2. The number of carbonyl (C=O) groups excluding carboxylic acids is 1. The highest BCUT2D eigenvalue weighted by molar-refractivity contribution is 5.79. The maximum atomic E-state index is 12.7. The molecule has 2 unspecified atom stereocenters. The summed E-state index contributed by atoms with van der Waals surface area (Å²) in [5.74, 6) is -2.42. The Labute approximate surface area is 109 Å². The number of hydrogen-bond donors (Lipinski definition) is 2. The van der Waals surface area contributed by atoms with E-state index in [-0.39, 0.29) is 31.8 Å². The molecule has 4 atom stereocenters. The van der Waals surface area contributed by atoms with Gasteiger partial charge in [-0.2, -0.15) is 13.2 Å². The van der Waals surface area contributed by atoms with E-state index in [2.05, 4.69) is 0 Å². The summed E-state index contributed by atoms with van der Waals surface area (Å²) in [5.41, 5.74) is 0. The number of hydrogen-bond acceptors (Lipinski definition) is 3. The normalized spacial score (nSPS) is 36.6. The standard InChI is InChI=1S/C12H18F3NO3/c13-12(14,15)8-3-1-2-7(4-8)11(19)16-5-9(17)10(18)6-16/h7-10,17-18H,1-6H2/t7?,8?,9-,10+. The van der Waals surface area contributed by atoms with E-state index >= 15 is 0 Å². The third kappa shape index (κ3) is 3.20. The third-order valence-corrected chi connectivity index (χ3v) is 4.06. The van der Waals surface area contributed by atoms with Gasteiger partial charge in [-0.1, -0.05) is 6.42 Å². The van der Waals surface area contributed by atoms with Gasteiger partial charge in [0, 0.05) is 19.0 Å². The smallest absolute Gasteiger partial charge is 0.388 e. The molecule has 0 spiro atoms. The van der Waals surface area contributed by atoms with Crippen LogP contribution in [0.2, 0.25) is 0 Å². The van der Waals surface area contributed by atoms with E-state index in [0.717, 1.165) is 0 Å². The van der Waals surface area contributed by atoms with Crippen molar-refractivity contribution in [2.24, 2.45) is 11.8 Å². The second-order valence-corrected chi connectivity index (χ2v) is 5.48. The SMILES string of the molecule is O=C(C1CCCC(C(F)(F)F)C1)N1C[C@@H](O)[C@@H](O)C1. The van der Waals surface area contributed by atoms with Gasteiger partial charge in [0.1, 0.15) is 0 Å². The Morgan fingerprint density at radius 2 is 1.68 bits per heavy atom. The molecule has 1 saturated heterocycles. The van der Waals surface area contributed by atoms with Crippen molar-refractivity contribution < 1.29 is 28.2 Å². The van der Waals surface area contributed by atoms with Gasteiger partial charge in [0.2, 0.25) is 5.91 Å². The fourth-order valence-electron chi connectivity index (χ4n) is 2.92. The molecule has 1 saturated carbocycles. The quantitative estimate of drug-likeness (QED) is 0.751. The Balaban J connectivity index is 1.96. The minimum Gasteiger partial charge on any atom is -0.388 e. The highest BCUT2D eigenvalue weighted by atomic mass is 19.4. The fraction of sp³-hybridized carbons (Fsp3) is 0.917. The van der Waals surface area contributed by atoms with Gasteiger partial charge in [-0.15, -0.1) is 0 Å². The Morgan fingerprint density at radius 1 is 1.11 bits per heavy atom. The first kappa shape index (κ1) is 14.6. The van der Waals surface area contributed by atoms with Crippen LogP contribution in [-0.4, -0.2) is 52.5 Å². The maximum Gasteiger partial charge on any atom is 0.391 e. The molecular formula is C12H18F3NO3. The van der Waals surface area contributed by atoms with Crippen LogP contribution in [0.1, 0.15) is 25.7 Å². The second kappa shape index (κ2) is 5.28. The molecule has 2 N–H and O–H groups in total. The van der Waals surface area contributed by atoms with Gasteiger partial charge in [0.05, 0.1) is 18.1 Å². The van der Waals surface area contributed by atoms with Gasteiger partial charge in [-0.25, -0.2) is 0 Å². The van der Waals surface area contributed by atoms with E-state index in [9.17, 15) is 28.2 Å². The van der Waals surface area contributed by atoms with Gasteiger partial charge in [-0.3, -0.25) is 4.79 Å². The number of β-amino-alcohol motifs (C(OH)–C–C–N with tert-alkyl or cyclic N) is 2. The lowest BCUT2D eigenvalue weighted by atomic mass is 9.80. The van der Waals surface area contributed by atoms with E-state index in [1.165, 1.54) is 4.90 Å². The summed E-state index contributed by atoms with van der Waals surface area (Å²) in [5, 5.41) is 18.7. The lowest BCUT2D eigenvalue weighted by molar-refractivity contribution is -0.187. The Hall–Kier alpha value is -0.820. The summed E-state index contributed by atoms with van der Waals surface area (Å²) in [6, 6.07) is 0. The molecule has 4 nitrogen and oxygen atoms in total. The van der Waals surface area contributed by atoms with E-state index in [4.69, 9.17) is 0 Å². The molecule has 2 rings (SSSR count). The Morgan fingerprint density at radius 3 is 2.21 bits per heavy atom. The van der Waals surface area contributed by atoms with Crippen LogP contribution in [0.5, 0.6) is 0 Å². The van der Waals surface area contributed by atoms with Crippen molar-refractivity contribution in [2.45, 2.75) is 44.1 Å². The first-order chi connectivity index (χ1) is 8.79. The van der Waals surface area contributed by atoms with Crippen LogP contribution < -0.4 is 0 Å². The molecule has 2 aliphatic rings. The van der Waals surface area contributed by atoms with Crippen molar-refractivity contribution in [3.05, 3.63) is 0 Å². The van der Waals surface area contributed by atoms with Crippen LogP contribution in [0.15, 0.2) is 0 Å². The average Bonchev–Trinajstić information content (AvgIpc) is 2.68. The van der Waals surface area contributed by atoms with Gasteiger partial charge in [-0.05, 0) is 19.3 Å². The monoisotopic (exact) mass is 281 g/mol. The molecular weight excluding hydrogens is 263 g/mol. The molecule has 0 radical (unpaired) electrons. The number of amides is 1. The van der Waals surface area contributed by atoms with Crippen LogP contribution in [0.25, 0.3) is 0 Å². The predicted octanol–water partition coefficient (Wildman–Crippen LogP) is 0.919. The molecule has 0 aromatic carbocycles. The lowest BCUT2D eigenvalue weighted by Crippen LogP contribution is -2.39. The van der Waals surface area contributed by atoms with E-state index in [0.29, 0.717) is 12.8 Å². The highest BCUT2D eigenvalue weighted by Gasteiger charge is 2.45. The number of rotatable bonds is 1. The largest absolute Gasteiger partial charge is 0.391 e. The van der Waals surface area contributed by atoms with Crippen molar-refractivity contribution in [3.8, 4) is 0 Å². The zero-order valence-electron chi connectivity index (χ0n) is 10.4. The molecule has 0 bridgehead atoms. The predicted molar refractivity (Wildman–Crippen MR) is 60.1 cm³/mol. The topological polar surface area (TPSA) is 60.8 Å². The molecule has 19 heavy (non-hydrogen) atoms. The molecule has 1 aliphatic heterocycles. The molecule has 0 aromatic rings. The average molecular weight is 281 g/mol. The summed E-state index contributed by atoms with van der Waals surface area (Å²) in [6.07, 6.45) is -5.49. The summed E-state index contributed by atoms with van der Waals surface area (Å²) in [4.78, 5) is 13.4. The van der Waals surface area contributed by atoms with Crippen molar-refractivity contribution in [2.75, 3.05) is 13.1 Å². The minimum absolute atomic E-state index is 0.00713. The maximum absolute atomic E-state index is 12.7. The number of alkyl halides is 3. The number of carbonyl (C=O) groups is 1. The van der Waals surface area contributed by atoms with Crippen LogP contribution in [0.4, 0.5) is 13.2 Å². The lowest BCUT2D eigenvalue weighted by Gasteiger charge is -2.32. The number of likely N-dealkylation sites (tertiary alicyclic amines) is 1. The van der Waals surface area contributed by atoms with Gasteiger partial charge in [0.25, 0.3) is 0 Å². The van der Waals surface area contributed by atoms with Gasteiger partial charge < -0.3 is 15.1 Å². The van der Waals surface area contributed by atoms with Gasteiger partial charge >= 0.3 is 6.18 Å². The summed E-state index contributed by atoms with van der Waals surface area (Å²) < 4.78 is 38.0. The number of nitrogens with zero attached hydrogens (tertiary/aromatic N) is 1. The molecule has 0 aromatic heterocycles. The number of halogens is 3. The molecule has 2 fully saturated rings. The highest BCUT2D eigenvalue weighted by Crippen LogP contribution is 2.40. The summed E-state index contributed by atoms with van der Waals surface area (Å²) in [6.45, 7) is 0.0143. The fourth-order valence-corrected chi connectivity index (χ4v) is 2.92. The van der Waals surface area contributed by atoms with E-state index in [1.54, 1.807) is 0 Å². The molecule has 7 heteroatoms. The molecule has 110 valence electrons. The number of aliphatic hydroxyl groups excluding tert-OH is 2. The van der Waals surface area contributed by atoms with Crippen molar-refractivity contribution in [3.63, 3.8) is 0 Å². The Kier molecular flexibility index (Phi) is 4.06. The van der Waals surface area contributed by atoms with Crippen LogP contribution in [0, 0.1) is 11.8 Å². The summed E-state index contributed by atoms with van der Waals surface area (Å²) in [7, 11) is 0. The third-order valence-electron chi connectivity index (χ3n) is 4.06. The molecule has 1 heterocycles. The van der Waals surface area contributed by atoms with Crippen molar-refractivity contribution in [1.82, 2.24) is 4.90 Å².